The van der Waals surface area contributed by atoms with E-state index in [1.165, 1.54) is 18.4 Å². The molecule has 3 aromatic rings. The lowest BCUT2D eigenvalue weighted by molar-refractivity contribution is -0.191. The minimum Gasteiger partial charge on any atom is -0.342 e. The number of carbonyl (C=O) groups is 2. The van der Waals surface area contributed by atoms with Gasteiger partial charge in [-0.3, -0.25) is 14.6 Å². The molecule has 6 rings (SSSR count). The van der Waals surface area contributed by atoms with Crippen LogP contribution in [0.3, 0.4) is 0 Å². The molecule has 0 bridgehead atoms. The Bertz CT molecular complexity index is 1380. The number of halogens is 1. The Morgan fingerprint density at radius 3 is 2.00 bits per heavy atom. The number of carbonyl (C=O) groups excluding carboxylic acids is 4. The van der Waals surface area contributed by atoms with Gasteiger partial charge in [0.1, 0.15) is 0 Å². The van der Waals surface area contributed by atoms with Gasteiger partial charge in [0.05, 0.1) is 24.6 Å². The predicted octanol–water partition coefficient (Wildman–Crippen LogP) is 5.58. The molecule has 212 valence electrons. The van der Waals surface area contributed by atoms with E-state index in [4.69, 9.17) is 14.6 Å². The Hall–Kier alpha value is -3.87. The van der Waals surface area contributed by atoms with Crippen LogP contribution in [0.5, 0.6) is 0 Å². The minimum atomic E-state index is 0.160. The van der Waals surface area contributed by atoms with Gasteiger partial charge in [0.2, 0.25) is 11.8 Å². The van der Waals surface area contributed by atoms with Gasteiger partial charge in [0, 0.05) is 36.2 Å². The molecule has 2 fully saturated rings. The van der Waals surface area contributed by atoms with Gasteiger partial charge in [-0.25, -0.2) is 0 Å². The standard InChI is InChI=1S/C20H19BrN2O.C12H15NO.CO2/c21-16-8-9-17-15(12-16)13-18(22-17)19-7-4-10-23(19)20(24)11-14-5-2-1-3-6-14;14-12(13-8-4-5-9-13)10-11-6-2-1-3-7-11;2-1-3/h1-3,5-6,8-9,12,19H,4,7,10-11,13H2;1-3,6-7H,4-5,8-10H2;/t19-;;/m0../s1. The van der Waals surface area contributed by atoms with E-state index < -0.39 is 0 Å². The highest BCUT2D eigenvalue weighted by atomic mass is 79.9. The molecule has 3 aliphatic heterocycles. The molecule has 2 saturated heterocycles. The maximum atomic E-state index is 12.8. The first-order chi connectivity index (χ1) is 20.0. The molecule has 0 aromatic heterocycles. The van der Waals surface area contributed by atoms with Gasteiger partial charge in [-0.05, 0) is 60.6 Å². The molecule has 3 aromatic carbocycles. The van der Waals surface area contributed by atoms with Crippen LogP contribution >= 0.6 is 15.9 Å². The molecule has 3 heterocycles. The van der Waals surface area contributed by atoms with Crippen LogP contribution in [0.15, 0.2) is 88.3 Å². The molecule has 8 heteroatoms. The van der Waals surface area contributed by atoms with E-state index in [0.717, 1.165) is 65.9 Å². The average molecular weight is 617 g/mol. The van der Waals surface area contributed by atoms with E-state index >= 15 is 0 Å². The molecule has 0 N–H and O–H groups in total. The Morgan fingerprint density at radius 1 is 0.805 bits per heavy atom. The summed E-state index contributed by atoms with van der Waals surface area (Å²) in [5, 5.41) is 0. The fraction of sp³-hybridized carbons (Fsp3) is 0.333. The number of likely N-dealkylation sites (tertiary alicyclic amines) is 2. The van der Waals surface area contributed by atoms with Crippen LogP contribution in [-0.4, -0.2) is 59.2 Å². The molecule has 41 heavy (non-hydrogen) atoms. The summed E-state index contributed by atoms with van der Waals surface area (Å²) in [6.07, 6.45) is 6.55. The van der Waals surface area contributed by atoms with Crippen molar-refractivity contribution in [3.05, 3.63) is 100 Å². The number of fused-ring (bicyclic) bond motifs is 1. The first-order valence-corrected chi connectivity index (χ1v) is 14.8. The van der Waals surface area contributed by atoms with Crippen LogP contribution < -0.4 is 0 Å². The molecule has 2 amide bonds. The van der Waals surface area contributed by atoms with Crippen molar-refractivity contribution in [3.63, 3.8) is 0 Å². The van der Waals surface area contributed by atoms with Crippen molar-refractivity contribution in [1.29, 1.82) is 0 Å². The van der Waals surface area contributed by atoms with E-state index in [1.807, 2.05) is 76.5 Å². The van der Waals surface area contributed by atoms with Crippen LogP contribution in [-0.2, 0) is 38.4 Å². The molecule has 0 saturated carbocycles. The van der Waals surface area contributed by atoms with Gasteiger partial charge in [-0.15, -0.1) is 0 Å². The number of hydrogen-bond donors (Lipinski definition) is 0. The molecule has 3 aliphatic rings. The summed E-state index contributed by atoms with van der Waals surface area (Å²) in [7, 11) is 0. The van der Waals surface area contributed by atoms with Crippen LogP contribution in [0.2, 0.25) is 0 Å². The lowest BCUT2D eigenvalue weighted by Gasteiger charge is -2.25. The van der Waals surface area contributed by atoms with E-state index in [9.17, 15) is 9.59 Å². The molecule has 0 aliphatic carbocycles. The van der Waals surface area contributed by atoms with Crippen LogP contribution in [0.4, 0.5) is 5.69 Å². The third-order valence-electron chi connectivity index (χ3n) is 7.49. The summed E-state index contributed by atoms with van der Waals surface area (Å²) in [6, 6.07) is 26.3. The molecule has 1 atom stereocenters. The molecular weight excluding hydrogens is 582 g/mol. The van der Waals surface area contributed by atoms with Gasteiger partial charge >= 0.3 is 6.15 Å². The zero-order valence-electron chi connectivity index (χ0n) is 23.0. The smallest absolute Gasteiger partial charge is 0.342 e. The fourth-order valence-corrected chi connectivity index (χ4v) is 5.93. The van der Waals surface area contributed by atoms with E-state index in [1.54, 1.807) is 0 Å². The predicted molar refractivity (Wildman–Crippen MR) is 161 cm³/mol. The topological polar surface area (TPSA) is 87.1 Å². The highest BCUT2D eigenvalue weighted by Crippen LogP contribution is 2.33. The van der Waals surface area contributed by atoms with Gasteiger partial charge in [0.15, 0.2) is 0 Å². The maximum Gasteiger partial charge on any atom is 0.373 e. The minimum absolute atomic E-state index is 0.160. The summed E-state index contributed by atoms with van der Waals surface area (Å²) in [4.78, 5) is 49.6. The summed E-state index contributed by atoms with van der Waals surface area (Å²) >= 11 is 3.53. The van der Waals surface area contributed by atoms with Crippen molar-refractivity contribution in [1.82, 2.24) is 9.80 Å². The van der Waals surface area contributed by atoms with Crippen LogP contribution in [0.25, 0.3) is 0 Å². The lowest BCUT2D eigenvalue weighted by atomic mass is 10.0. The summed E-state index contributed by atoms with van der Waals surface area (Å²) in [5.41, 5.74) is 5.64. The highest BCUT2D eigenvalue weighted by Gasteiger charge is 2.34. The number of nitrogens with zero attached hydrogens (tertiary/aromatic N) is 3. The highest BCUT2D eigenvalue weighted by molar-refractivity contribution is 9.10. The Balaban J connectivity index is 0.000000193. The second-order valence-electron chi connectivity index (χ2n) is 10.3. The average Bonchev–Trinajstić information content (AvgIpc) is 3.76. The van der Waals surface area contributed by atoms with Crippen LogP contribution in [0.1, 0.15) is 42.4 Å². The van der Waals surface area contributed by atoms with Gasteiger partial charge < -0.3 is 9.80 Å². The second-order valence-corrected chi connectivity index (χ2v) is 11.2. The number of rotatable bonds is 5. The van der Waals surface area contributed by atoms with Crippen LogP contribution in [0, 0.1) is 0 Å². The van der Waals surface area contributed by atoms with E-state index in [-0.39, 0.29) is 24.0 Å². The normalized spacial score (nSPS) is 16.9. The number of aliphatic imine (C=N–C) groups is 1. The van der Waals surface area contributed by atoms with Crippen molar-refractivity contribution in [2.45, 2.75) is 51.0 Å². The summed E-state index contributed by atoms with van der Waals surface area (Å²) < 4.78 is 1.08. The largest absolute Gasteiger partial charge is 0.373 e. The number of benzene rings is 3. The van der Waals surface area contributed by atoms with Gasteiger partial charge in [0.25, 0.3) is 0 Å². The second kappa shape index (κ2) is 15.2. The summed E-state index contributed by atoms with van der Waals surface area (Å²) in [5.74, 6) is 0.484. The van der Waals surface area contributed by atoms with Crippen molar-refractivity contribution in [2.75, 3.05) is 19.6 Å². The Kier molecular flexibility index (Phi) is 11.2. The van der Waals surface area contributed by atoms with Crippen molar-refractivity contribution in [3.8, 4) is 0 Å². The number of amides is 2. The third kappa shape index (κ3) is 8.56. The zero-order chi connectivity index (χ0) is 29.0. The third-order valence-corrected chi connectivity index (χ3v) is 7.98. The molecular formula is C33H34BrN3O4. The number of hydrogen-bond acceptors (Lipinski definition) is 5. The SMILES string of the molecule is O=C(Cc1ccccc1)N1CCCC1.O=C(Cc1ccccc1)N1CCC[C@H]1C1=Nc2ccc(Br)cc2C1.O=C=O. The zero-order valence-corrected chi connectivity index (χ0v) is 24.6. The quantitative estimate of drug-likeness (QED) is 0.375. The van der Waals surface area contributed by atoms with E-state index in [2.05, 4.69) is 28.1 Å². The van der Waals surface area contributed by atoms with Crippen molar-refractivity contribution in [2.24, 2.45) is 4.99 Å². The Morgan fingerprint density at radius 2 is 1.39 bits per heavy atom. The van der Waals surface area contributed by atoms with Crippen molar-refractivity contribution >= 4 is 45.3 Å². The summed E-state index contributed by atoms with van der Waals surface area (Å²) in [6.45, 7) is 2.74. The monoisotopic (exact) mass is 615 g/mol. The first kappa shape index (κ1) is 30.1. The van der Waals surface area contributed by atoms with Gasteiger partial charge in [-0.2, -0.15) is 9.59 Å². The van der Waals surface area contributed by atoms with E-state index in [0.29, 0.717) is 12.8 Å². The molecule has 7 nitrogen and oxygen atoms in total. The molecule has 0 spiro atoms. The Labute approximate surface area is 249 Å². The van der Waals surface area contributed by atoms with Crippen molar-refractivity contribution < 1.29 is 19.2 Å². The van der Waals surface area contributed by atoms with Gasteiger partial charge in [-0.1, -0.05) is 76.6 Å². The molecule has 0 radical (unpaired) electrons. The lowest BCUT2D eigenvalue weighted by Crippen LogP contribution is -2.41. The fourth-order valence-electron chi connectivity index (χ4n) is 5.52. The first-order valence-electron chi connectivity index (χ1n) is 14.0. The maximum absolute atomic E-state index is 12.8. The molecule has 0 unspecified atom stereocenters.